The van der Waals surface area contributed by atoms with Crippen LogP contribution in [0.2, 0.25) is 0 Å². The molecule has 1 aromatic carbocycles. The number of hydrogen-bond donors (Lipinski definition) is 2. The van der Waals surface area contributed by atoms with Gasteiger partial charge in [-0.25, -0.2) is 0 Å². The van der Waals surface area contributed by atoms with E-state index in [4.69, 9.17) is 0 Å². The van der Waals surface area contributed by atoms with Crippen LogP contribution in [0.3, 0.4) is 0 Å². The Labute approximate surface area is 177 Å². The van der Waals surface area contributed by atoms with Crippen LogP contribution in [0.15, 0.2) is 42.6 Å². The van der Waals surface area contributed by atoms with Crippen molar-refractivity contribution < 1.29 is 4.79 Å². The average molecular weight is 402 g/mol. The predicted octanol–water partition coefficient (Wildman–Crippen LogP) is 3.67. The molecule has 6 heteroatoms. The number of hydrogen-bond acceptors (Lipinski definition) is 4. The Hall–Kier alpha value is -3.54. The molecule has 1 aliphatic rings. The maximum atomic E-state index is 12.0. The molecule has 2 aromatic heterocycles. The zero-order chi connectivity index (χ0) is 21.3. The van der Waals surface area contributed by atoms with Crippen LogP contribution >= 0.6 is 0 Å². The van der Waals surface area contributed by atoms with Gasteiger partial charge in [0.1, 0.15) is 0 Å². The number of aromatic amines is 1. The first-order valence-corrected chi connectivity index (χ1v) is 10.1. The summed E-state index contributed by atoms with van der Waals surface area (Å²) in [5, 5.41) is 2.89. The topological polar surface area (TPSA) is 64.3 Å². The summed E-state index contributed by atoms with van der Waals surface area (Å²) >= 11 is 0. The van der Waals surface area contributed by atoms with Crippen molar-refractivity contribution in [2.45, 2.75) is 6.42 Å². The summed E-state index contributed by atoms with van der Waals surface area (Å²) < 4.78 is 0. The number of H-pyrrole nitrogens is 1. The molecule has 2 N–H and O–H groups in total. The normalized spacial score (nSPS) is 13.3. The highest BCUT2D eigenvalue weighted by molar-refractivity contribution is 5.97. The summed E-state index contributed by atoms with van der Waals surface area (Å²) in [7, 11) is 8.19. The fourth-order valence-electron chi connectivity index (χ4n) is 3.67. The standard InChI is InChI=1S/C24H27N5O/c1-28(2)19-8-6-16(23(14-19)29(3)4)5-7-18-13-17(9-11-25-18)22-15-20-21(27-22)10-12-26-24(20)30/h5-9,11,13-15,27H,10,12H2,1-4H3,(H,26,30)/b7-5+. The Morgan fingerprint density at radius 1 is 1.00 bits per heavy atom. The maximum absolute atomic E-state index is 12.0. The van der Waals surface area contributed by atoms with Crippen molar-refractivity contribution in [1.29, 1.82) is 0 Å². The molecule has 0 radical (unpaired) electrons. The Morgan fingerprint density at radius 2 is 1.83 bits per heavy atom. The van der Waals surface area contributed by atoms with Crippen molar-refractivity contribution in [2.75, 3.05) is 44.5 Å². The van der Waals surface area contributed by atoms with E-state index in [1.165, 1.54) is 0 Å². The first-order valence-electron chi connectivity index (χ1n) is 10.1. The Kier molecular flexibility index (Phi) is 5.31. The first kappa shape index (κ1) is 19.8. The van der Waals surface area contributed by atoms with Gasteiger partial charge in [0, 0.05) is 75.7 Å². The highest BCUT2D eigenvalue weighted by Crippen LogP contribution is 2.28. The van der Waals surface area contributed by atoms with Gasteiger partial charge in [-0.15, -0.1) is 0 Å². The molecule has 1 aliphatic heterocycles. The number of carbonyl (C=O) groups excluding carboxylic acids is 1. The van der Waals surface area contributed by atoms with E-state index in [0.717, 1.165) is 51.6 Å². The van der Waals surface area contributed by atoms with Gasteiger partial charge in [-0.2, -0.15) is 0 Å². The van der Waals surface area contributed by atoms with E-state index in [1.807, 2.05) is 52.5 Å². The Morgan fingerprint density at radius 3 is 2.57 bits per heavy atom. The molecule has 4 rings (SSSR count). The van der Waals surface area contributed by atoms with Crippen molar-refractivity contribution >= 4 is 29.4 Å². The number of anilines is 2. The second-order valence-electron chi connectivity index (χ2n) is 7.92. The number of nitrogens with zero attached hydrogens (tertiary/aromatic N) is 3. The Bertz CT molecular complexity index is 1110. The third-order valence-corrected chi connectivity index (χ3v) is 5.34. The lowest BCUT2D eigenvalue weighted by molar-refractivity contribution is 0.0946. The molecule has 3 heterocycles. The number of carbonyl (C=O) groups is 1. The third-order valence-electron chi connectivity index (χ3n) is 5.34. The van der Waals surface area contributed by atoms with Crippen molar-refractivity contribution in [3.8, 4) is 11.3 Å². The Balaban J connectivity index is 1.63. The summed E-state index contributed by atoms with van der Waals surface area (Å²) in [6, 6.07) is 12.3. The second-order valence-corrected chi connectivity index (χ2v) is 7.92. The van der Waals surface area contributed by atoms with Gasteiger partial charge in [0.2, 0.25) is 0 Å². The van der Waals surface area contributed by atoms with Crippen LogP contribution in [-0.2, 0) is 6.42 Å². The highest BCUT2D eigenvalue weighted by atomic mass is 16.1. The van der Waals surface area contributed by atoms with E-state index in [2.05, 4.69) is 49.4 Å². The van der Waals surface area contributed by atoms with Crippen molar-refractivity contribution in [2.24, 2.45) is 0 Å². The zero-order valence-corrected chi connectivity index (χ0v) is 17.9. The van der Waals surface area contributed by atoms with Crippen molar-refractivity contribution in [3.05, 3.63) is 65.1 Å². The first-order chi connectivity index (χ1) is 14.4. The summed E-state index contributed by atoms with van der Waals surface area (Å²) in [6.07, 6.45) is 6.75. The lowest BCUT2D eigenvalue weighted by Crippen LogP contribution is -2.31. The van der Waals surface area contributed by atoms with Crippen LogP contribution in [0.1, 0.15) is 27.3 Å². The summed E-state index contributed by atoms with van der Waals surface area (Å²) in [5.74, 6) is -0.00897. The molecule has 0 fully saturated rings. The number of aromatic nitrogens is 2. The fraction of sp³-hybridized carbons (Fsp3) is 0.250. The van der Waals surface area contributed by atoms with Crippen LogP contribution in [-0.4, -0.2) is 50.6 Å². The predicted molar refractivity (Wildman–Crippen MR) is 124 cm³/mol. The lowest BCUT2D eigenvalue weighted by Gasteiger charge is -2.20. The number of fused-ring (bicyclic) bond motifs is 1. The molecule has 154 valence electrons. The van der Waals surface area contributed by atoms with Gasteiger partial charge in [-0.05, 0) is 42.0 Å². The minimum Gasteiger partial charge on any atom is -0.378 e. The van der Waals surface area contributed by atoms with Gasteiger partial charge >= 0.3 is 0 Å². The van der Waals surface area contributed by atoms with Gasteiger partial charge in [0.05, 0.1) is 11.3 Å². The van der Waals surface area contributed by atoms with Crippen LogP contribution in [0.4, 0.5) is 11.4 Å². The van der Waals surface area contributed by atoms with E-state index in [0.29, 0.717) is 6.54 Å². The van der Waals surface area contributed by atoms with Crippen LogP contribution < -0.4 is 15.1 Å². The number of benzene rings is 1. The summed E-state index contributed by atoms with van der Waals surface area (Å²) in [5.41, 5.74) is 8.00. The maximum Gasteiger partial charge on any atom is 0.253 e. The third kappa shape index (κ3) is 3.94. The highest BCUT2D eigenvalue weighted by Gasteiger charge is 2.19. The van der Waals surface area contributed by atoms with Gasteiger partial charge < -0.3 is 20.1 Å². The number of nitrogens with one attached hydrogen (secondary N) is 2. The minimum atomic E-state index is -0.00897. The van der Waals surface area contributed by atoms with Crippen LogP contribution in [0.5, 0.6) is 0 Å². The van der Waals surface area contributed by atoms with Crippen molar-refractivity contribution in [1.82, 2.24) is 15.3 Å². The largest absolute Gasteiger partial charge is 0.378 e. The van der Waals surface area contributed by atoms with E-state index in [-0.39, 0.29) is 5.91 Å². The van der Waals surface area contributed by atoms with Crippen LogP contribution in [0.25, 0.3) is 23.4 Å². The number of pyridine rings is 1. The summed E-state index contributed by atoms with van der Waals surface area (Å²) in [4.78, 5) is 24.2. The SMILES string of the molecule is CN(C)c1ccc(/C=C/c2cc(-c3cc4c([nH]3)CCNC4=O)ccn2)c(N(C)C)c1. The van der Waals surface area contributed by atoms with E-state index >= 15 is 0 Å². The molecule has 0 aliphatic carbocycles. The molecule has 30 heavy (non-hydrogen) atoms. The molecule has 3 aromatic rings. The lowest BCUT2D eigenvalue weighted by atomic mass is 10.1. The van der Waals surface area contributed by atoms with Gasteiger partial charge in [0.15, 0.2) is 0 Å². The van der Waals surface area contributed by atoms with Gasteiger partial charge in [0.25, 0.3) is 5.91 Å². The quantitative estimate of drug-likeness (QED) is 0.685. The van der Waals surface area contributed by atoms with Gasteiger partial charge in [-0.1, -0.05) is 12.1 Å². The monoisotopic (exact) mass is 401 g/mol. The fourth-order valence-corrected chi connectivity index (χ4v) is 3.67. The molecular formula is C24H27N5O. The van der Waals surface area contributed by atoms with E-state index in [1.54, 1.807) is 6.20 Å². The zero-order valence-electron chi connectivity index (χ0n) is 17.9. The molecule has 6 nitrogen and oxygen atoms in total. The van der Waals surface area contributed by atoms with Crippen molar-refractivity contribution in [3.63, 3.8) is 0 Å². The molecule has 0 saturated carbocycles. The molecular weight excluding hydrogens is 374 g/mol. The smallest absolute Gasteiger partial charge is 0.253 e. The number of amides is 1. The second kappa shape index (κ2) is 8.06. The molecule has 0 saturated heterocycles. The minimum absolute atomic E-state index is 0.00897. The van der Waals surface area contributed by atoms with Gasteiger partial charge in [-0.3, -0.25) is 9.78 Å². The summed E-state index contributed by atoms with van der Waals surface area (Å²) in [6.45, 7) is 0.678. The average Bonchev–Trinajstić information content (AvgIpc) is 3.18. The molecule has 0 bridgehead atoms. The van der Waals surface area contributed by atoms with E-state index < -0.39 is 0 Å². The molecule has 1 amide bonds. The van der Waals surface area contributed by atoms with E-state index in [9.17, 15) is 4.79 Å². The molecule has 0 unspecified atom stereocenters. The molecule has 0 spiro atoms. The molecule has 0 atom stereocenters. The number of rotatable bonds is 5. The van der Waals surface area contributed by atoms with Crippen LogP contribution in [0, 0.1) is 0 Å².